The van der Waals surface area contributed by atoms with Gasteiger partial charge >= 0.3 is 0 Å². The summed E-state index contributed by atoms with van der Waals surface area (Å²) in [5.41, 5.74) is 1.98. The van der Waals surface area contributed by atoms with Gasteiger partial charge in [-0.3, -0.25) is 9.59 Å². The first-order chi connectivity index (χ1) is 11.1. The summed E-state index contributed by atoms with van der Waals surface area (Å²) in [6.45, 7) is 2.16. The number of carbonyl (C=O) groups is 2. The van der Waals surface area contributed by atoms with Crippen molar-refractivity contribution in [2.75, 3.05) is 18.4 Å². The number of amides is 2. The van der Waals surface area contributed by atoms with Crippen LogP contribution in [0.5, 0.6) is 0 Å². The lowest BCUT2D eigenvalue weighted by Crippen LogP contribution is -2.37. The fraction of sp³-hybridized carbons (Fsp3) is 0.263. The molecule has 4 nitrogen and oxygen atoms in total. The molecule has 0 saturated carbocycles. The van der Waals surface area contributed by atoms with Crippen LogP contribution in [0.25, 0.3) is 0 Å². The van der Waals surface area contributed by atoms with Crippen molar-refractivity contribution in [2.24, 2.45) is 0 Å². The molecule has 2 aromatic carbocycles. The standard InChI is InChI=1S/C19H22N2O2/c1-16(22)21(14-8-11-17-9-4-2-5-10-17)15-19(23)20-18-12-6-3-7-13-18/h2-7,9-10,12-13H,8,11,14-15H2,1H3,(H,20,23). The Hall–Kier alpha value is -2.62. The molecule has 0 atom stereocenters. The zero-order valence-electron chi connectivity index (χ0n) is 13.4. The second-order valence-corrected chi connectivity index (χ2v) is 5.44. The van der Waals surface area contributed by atoms with E-state index in [0.29, 0.717) is 6.54 Å². The summed E-state index contributed by atoms with van der Waals surface area (Å²) in [6, 6.07) is 19.4. The fourth-order valence-electron chi connectivity index (χ4n) is 2.36. The number of hydrogen-bond donors (Lipinski definition) is 1. The molecule has 0 aliphatic heterocycles. The van der Waals surface area contributed by atoms with E-state index in [4.69, 9.17) is 0 Å². The first-order valence-electron chi connectivity index (χ1n) is 7.79. The number of carbonyl (C=O) groups excluding carboxylic acids is 2. The highest BCUT2D eigenvalue weighted by molar-refractivity contribution is 5.94. The van der Waals surface area contributed by atoms with E-state index in [0.717, 1.165) is 18.5 Å². The monoisotopic (exact) mass is 310 g/mol. The Morgan fingerprint density at radius 2 is 1.57 bits per heavy atom. The van der Waals surface area contributed by atoms with Gasteiger partial charge in [-0.25, -0.2) is 0 Å². The fourth-order valence-corrected chi connectivity index (χ4v) is 2.36. The Bertz CT molecular complexity index is 626. The molecular formula is C19H22N2O2. The van der Waals surface area contributed by atoms with Crippen LogP contribution >= 0.6 is 0 Å². The van der Waals surface area contributed by atoms with Crippen LogP contribution in [0.1, 0.15) is 18.9 Å². The van der Waals surface area contributed by atoms with Crippen LogP contribution in [0.4, 0.5) is 5.69 Å². The number of rotatable bonds is 7. The predicted octanol–water partition coefficient (Wildman–Crippen LogP) is 3.11. The maximum atomic E-state index is 12.1. The molecule has 0 aromatic heterocycles. The van der Waals surface area contributed by atoms with E-state index in [9.17, 15) is 9.59 Å². The zero-order chi connectivity index (χ0) is 16.5. The highest BCUT2D eigenvalue weighted by Crippen LogP contribution is 2.06. The normalized spacial score (nSPS) is 10.1. The first-order valence-corrected chi connectivity index (χ1v) is 7.79. The van der Waals surface area contributed by atoms with Gasteiger partial charge in [0.2, 0.25) is 11.8 Å². The van der Waals surface area contributed by atoms with Crippen LogP contribution in [0, 0.1) is 0 Å². The molecule has 1 N–H and O–H groups in total. The topological polar surface area (TPSA) is 49.4 Å². The third kappa shape index (κ3) is 5.94. The number of nitrogens with one attached hydrogen (secondary N) is 1. The average molecular weight is 310 g/mol. The van der Waals surface area contributed by atoms with Gasteiger partial charge < -0.3 is 10.2 Å². The van der Waals surface area contributed by atoms with E-state index in [1.165, 1.54) is 12.5 Å². The number of benzene rings is 2. The second kappa shape index (κ2) is 8.73. The minimum atomic E-state index is -0.175. The van der Waals surface area contributed by atoms with Gasteiger partial charge in [-0.2, -0.15) is 0 Å². The number of nitrogens with zero attached hydrogens (tertiary/aromatic N) is 1. The molecule has 2 aromatic rings. The Morgan fingerprint density at radius 1 is 0.957 bits per heavy atom. The maximum Gasteiger partial charge on any atom is 0.243 e. The Labute approximate surface area is 137 Å². The van der Waals surface area contributed by atoms with Crippen molar-refractivity contribution in [3.63, 3.8) is 0 Å². The summed E-state index contributed by atoms with van der Waals surface area (Å²) < 4.78 is 0. The van der Waals surface area contributed by atoms with Gasteiger partial charge in [-0.1, -0.05) is 48.5 Å². The van der Waals surface area contributed by atoms with Crippen molar-refractivity contribution in [3.8, 4) is 0 Å². The average Bonchev–Trinajstić information content (AvgIpc) is 2.55. The minimum absolute atomic E-state index is 0.0822. The number of anilines is 1. The van der Waals surface area contributed by atoms with Crippen LogP contribution in [0.3, 0.4) is 0 Å². The highest BCUT2D eigenvalue weighted by Gasteiger charge is 2.13. The van der Waals surface area contributed by atoms with Crippen molar-refractivity contribution in [1.82, 2.24) is 4.90 Å². The molecule has 0 bridgehead atoms. The molecule has 0 radical (unpaired) electrons. The Morgan fingerprint density at radius 3 is 2.17 bits per heavy atom. The summed E-state index contributed by atoms with van der Waals surface area (Å²) in [4.78, 5) is 25.4. The summed E-state index contributed by atoms with van der Waals surface area (Å²) in [5.74, 6) is -0.257. The van der Waals surface area contributed by atoms with Gasteiger partial charge in [0.25, 0.3) is 0 Å². The molecule has 23 heavy (non-hydrogen) atoms. The van der Waals surface area contributed by atoms with Crippen molar-refractivity contribution in [2.45, 2.75) is 19.8 Å². The molecule has 0 fully saturated rings. The van der Waals surface area contributed by atoms with E-state index in [1.54, 1.807) is 4.90 Å². The van der Waals surface area contributed by atoms with Crippen LogP contribution in [0.15, 0.2) is 60.7 Å². The van der Waals surface area contributed by atoms with Gasteiger partial charge in [0.1, 0.15) is 0 Å². The van der Waals surface area contributed by atoms with Gasteiger partial charge in [0.05, 0.1) is 6.54 Å². The number of para-hydroxylation sites is 1. The summed E-state index contributed by atoms with van der Waals surface area (Å²) in [5, 5.41) is 2.80. The third-order valence-electron chi connectivity index (χ3n) is 3.57. The molecular weight excluding hydrogens is 288 g/mol. The van der Waals surface area contributed by atoms with E-state index < -0.39 is 0 Å². The smallest absolute Gasteiger partial charge is 0.243 e. The SMILES string of the molecule is CC(=O)N(CCCc1ccccc1)CC(=O)Nc1ccccc1. The first kappa shape index (κ1) is 16.7. The summed E-state index contributed by atoms with van der Waals surface area (Å²) in [7, 11) is 0. The minimum Gasteiger partial charge on any atom is -0.334 e. The van der Waals surface area contributed by atoms with Gasteiger partial charge in [-0.05, 0) is 30.5 Å². The number of aryl methyl sites for hydroxylation is 1. The van der Waals surface area contributed by atoms with Crippen LogP contribution in [-0.4, -0.2) is 29.8 Å². The molecule has 0 spiro atoms. The Kier molecular flexibility index (Phi) is 6.36. The summed E-state index contributed by atoms with van der Waals surface area (Å²) >= 11 is 0. The molecule has 2 amide bonds. The van der Waals surface area contributed by atoms with Crippen molar-refractivity contribution < 1.29 is 9.59 Å². The lowest BCUT2D eigenvalue weighted by molar-refractivity contribution is -0.132. The molecule has 4 heteroatoms. The van der Waals surface area contributed by atoms with Crippen LogP contribution < -0.4 is 5.32 Å². The lowest BCUT2D eigenvalue weighted by atomic mass is 10.1. The lowest BCUT2D eigenvalue weighted by Gasteiger charge is -2.20. The summed E-state index contributed by atoms with van der Waals surface area (Å²) in [6.07, 6.45) is 1.73. The van der Waals surface area contributed by atoms with Crippen molar-refractivity contribution >= 4 is 17.5 Å². The largest absolute Gasteiger partial charge is 0.334 e. The molecule has 2 rings (SSSR count). The number of hydrogen-bond acceptors (Lipinski definition) is 2. The van der Waals surface area contributed by atoms with E-state index in [-0.39, 0.29) is 18.4 Å². The maximum absolute atomic E-state index is 12.1. The second-order valence-electron chi connectivity index (χ2n) is 5.44. The molecule has 0 unspecified atom stereocenters. The van der Waals surface area contributed by atoms with E-state index >= 15 is 0 Å². The zero-order valence-corrected chi connectivity index (χ0v) is 13.4. The van der Waals surface area contributed by atoms with E-state index in [2.05, 4.69) is 17.4 Å². The van der Waals surface area contributed by atoms with Crippen molar-refractivity contribution in [3.05, 3.63) is 66.2 Å². The van der Waals surface area contributed by atoms with Gasteiger partial charge in [0.15, 0.2) is 0 Å². The van der Waals surface area contributed by atoms with Crippen LogP contribution in [0.2, 0.25) is 0 Å². The van der Waals surface area contributed by atoms with E-state index in [1.807, 2.05) is 48.5 Å². The quantitative estimate of drug-likeness (QED) is 0.854. The third-order valence-corrected chi connectivity index (χ3v) is 3.57. The molecule has 120 valence electrons. The molecule has 0 aliphatic carbocycles. The van der Waals surface area contributed by atoms with Gasteiger partial charge in [-0.15, -0.1) is 0 Å². The Balaban J connectivity index is 1.81. The molecule has 0 saturated heterocycles. The molecule has 0 heterocycles. The van der Waals surface area contributed by atoms with Crippen molar-refractivity contribution in [1.29, 1.82) is 0 Å². The van der Waals surface area contributed by atoms with Crippen LogP contribution in [-0.2, 0) is 16.0 Å². The predicted molar refractivity (Wildman–Crippen MR) is 92.1 cm³/mol. The van der Waals surface area contributed by atoms with Gasteiger partial charge in [0, 0.05) is 19.2 Å². The molecule has 0 aliphatic rings. The highest BCUT2D eigenvalue weighted by atomic mass is 16.2.